The van der Waals surface area contributed by atoms with Crippen LogP contribution in [0.4, 0.5) is 4.79 Å². The second kappa shape index (κ2) is 6.18. The van der Waals surface area contributed by atoms with E-state index in [9.17, 15) is 9.59 Å². The van der Waals surface area contributed by atoms with Gasteiger partial charge < -0.3 is 9.72 Å². The van der Waals surface area contributed by atoms with Crippen molar-refractivity contribution in [2.75, 3.05) is 12.0 Å². The molecule has 0 spiro atoms. The second-order valence-electron chi connectivity index (χ2n) is 5.05. The van der Waals surface area contributed by atoms with Crippen LogP contribution in [0.5, 0.6) is 0 Å². The molecular formula is C14H15ClN4O2S. The number of carbonyl (C=O) groups is 2. The fourth-order valence-corrected chi connectivity index (χ4v) is 3.05. The zero-order valence-corrected chi connectivity index (χ0v) is 13.5. The molecule has 0 unspecified atom stereocenters. The molecule has 3 rings (SSSR count). The Morgan fingerprint density at radius 1 is 1.36 bits per heavy atom. The number of hydrogen-bond acceptors (Lipinski definition) is 4. The summed E-state index contributed by atoms with van der Waals surface area (Å²) in [5.74, 6) is 0.645. The van der Waals surface area contributed by atoms with Crippen molar-refractivity contribution in [1.82, 2.24) is 19.6 Å². The van der Waals surface area contributed by atoms with Crippen LogP contribution in [-0.4, -0.2) is 44.3 Å². The zero-order valence-electron chi connectivity index (χ0n) is 12.0. The molecule has 1 saturated heterocycles. The Kier molecular flexibility index (Phi) is 4.26. The number of imidazole rings is 1. The molecule has 2 aromatic heterocycles. The van der Waals surface area contributed by atoms with Gasteiger partial charge in [0.05, 0.1) is 17.3 Å². The molecule has 0 aliphatic carbocycles. The van der Waals surface area contributed by atoms with Crippen molar-refractivity contribution < 1.29 is 9.59 Å². The number of pyridine rings is 1. The number of urea groups is 1. The number of rotatable bonds is 5. The van der Waals surface area contributed by atoms with Crippen molar-refractivity contribution in [3.8, 4) is 0 Å². The minimum absolute atomic E-state index is 0.166. The molecule has 8 heteroatoms. The Labute approximate surface area is 136 Å². The number of amides is 3. The molecule has 1 N–H and O–H groups in total. The molecule has 0 radical (unpaired) electrons. The Balaban J connectivity index is 1.76. The summed E-state index contributed by atoms with van der Waals surface area (Å²) in [7, 11) is 0. The highest BCUT2D eigenvalue weighted by molar-refractivity contribution is 7.98. The van der Waals surface area contributed by atoms with E-state index in [0.717, 1.165) is 11.4 Å². The summed E-state index contributed by atoms with van der Waals surface area (Å²) in [6, 6.07) is 2.76. The number of thioether (sulfide) groups is 1. The average Bonchev–Trinajstić information content (AvgIpc) is 3.00. The lowest BCUT2D eigenvalue weighted by Gasteiger charge is -2.10. The molecule has 6 nitrogen and oxygen atoms in total. The smallest absolute Gasteiger partial charge is 0.325 e. The molecular weight excluding hydrogens is 324 g/mol. The maximum Gasteiger partial charge on any atom is 0.325 e. The van der Waals surface area contributed by atoms with Gasteiger partial charge >= 0.3 is 6.03 Å². The lowest BCUT2D eigenvalue weighted by molar-refractivity contribution is -0.127. The Hall–Kier alpha value is -1.73. The van der Waals surface area contributed by atoms with Crippen LogP contribution in [0.25, 0.3) is 5.65 Å². The largest absolute Gasteiger partial charge is 0.326 e. The predicted molar refractivity (Wildman–Crippen MR) is 86.1 cm³/mol. The molecule has 0 bridgehead atoms. The van der Waals surface area contributed by atoms with Crippen LogP contribution in [0.3, 0.4) is 0 Å². The van der Waals surface area contributed by atoms with Crippen LogP contribution < -0.4 is 5.32 Å². The first-order valence-electron chi connectivity index (χ1n) is 6.82. The van der Waals surface area contributed by atoms with Crippen LogP contribution in [-0.2, 0) is 11.3 Å². The Morgan fingerprint density at radius 2 is 2.18 bits per heavy atom. The van der Waals surface area contributed by atoms with E-state index in [0.29, 0.717) is 17.1 Å². The molecule has 0 saturated carbocycles. The quantitative estimate of drug-likeness (QED) is 0.848. The van der Waals surface area contributed by atoms with E-state index in [4.69, 9.17) is 11.6 Å². The van der Waals surface area contributed by atoms with E-state index in [-0.39, 0.29) is 18.5 Å². The fourth-order valence-electron chi connectivity index (χ4n) is 2.41. The molecule has 1 aliphatic rings. The Morgan fingerprint density at radius 3 is 2.95 bits per heavy atom. The summed E-state index contributed by atoms with van der Waals surface area (Å²) in [6.07, 6.45) is 6.13. The fraction of sp³-hybridized carbons (Fsp3) is 0.357. The van der Waals surface area contributed by atoms with Gasteiger partial charge in [0.2, 0.25) is 0 Å². The first-order chi connectivity index (χ1) is 10.6. The van der Waals surface area contributed by atoms with Crippen LogP contribution in [0.15, 0.2) is 24.5 Å². The topological polar surface area (TPSA) is 66.7 Å². The van der Waals surface area contributed by atoms with Crippen LogP contribution in [0.2, 0.25) is 5.02 Å². The van der Waals surface area contributed by atoms with Crippen LogP contribution >= 0.6 is 23.4 Å². The van der Waals surface area contributed by atoms with Gasteiger partial charge in [-0.15, -0.1) is 0 Å². The van der Waals surface area contributed by atoms with Crippen molar-refractivity contribution in [1.29, 1.82) is 0 Å². The third-order valence-electron chi connectivity index (χ3n) is 3.50. The van der Waals surface area contributed by atoms with Crippen LogP contribution in [0, 0.1) is 0 Å². The van der Waals surface area contributed by atoms with Crippen LogP contribution in [0.1, 0.15) is 12.1 Å². The third-order valence-corrected chi connectivity index (χ3v) is 4.37. The van der Waals surface area contributed by atoms with Gasteiger partial charge in [0.25, 0.3) is 5.91 Å². The summed E-state index contributed by atoms with van der Waals surface area (Å²) >= 11 is 7.58. The van der Waals surface area contributed by atoms with Crippen molar-refractivity contribution in [2.45, 2.75) is 19.0 Å². The van der Waals surface area contributed by atoms with E-state index in [2.05, 4.69) is 10.3 Å². The highest BCUT2D eigenvalue weighted by atomic mass is 35.5. The molecule has 0 aromatic carbocycles. The monoisotopic (exact) mass is 338 g/mol. The molecule has 1 aliphatic heterocycles. The first kappa shape index (κ1) is 15.2. The maximum atomic E-state index is 12.3. The van der Waals surface area contributed by atoms with Gasteiger partial charge in [0, 0.05) is 12.4 Å². The molecule has 1 fully saturated rings. The van der Waals surface area contributed by atoms with E-state index in [1.165, 1.54) is 4.90 Å². The first-order valence-corrected chi connectivity index (χ1v) is 8.59. The molecule has 3 amide bonds. The number of hydrogen-bond donors (Lipinski definition) is 1. The van der Waals surface area contributed by atoms with Crippen molar-refractivity contribution in [3.05, 3.63) is 35.2 Å². The average molecular weight is 339 g/mol. The van der Waals surface area contributed by atoms with E-state index < -0.39 is 6.04 Å². The number of carbonyl (C=O) groups excluding carboxylic acids is 2. The number of halogens is 1. The lowest BCUT2D eigenvalue weighted by atomic mass is 10.2. The van der Waals surface area contributed by atoms with Crippen molar-refractivity contribution in [3.63, 3.8) is 0 Å². The summed E-state index contributed by atoms with van der Waals surface area (Å²) in [5, 5.41) is 3.32. The van der Waals surface area contributed by atoms with Gasteiger partial charge in [-0.25, -0.2) is 9.78 Å². The highest BCUT2D eigenvalue weighted by Gasteiger charge is 2.37. The van der Waals surface area contributed by atoms with E-state index >= 15 is 0 Å². The van der Waals surface area contributed by atoms with Gasteiger partial charge in [-0.1, -0.05) is 11.6 Å². The van der Waals surface area contributed by atoms with Gasteiger partial charge in [-0.05, 0) is 30.6 Å². The van der Waals surface area contributed by atoms with Crippen molar-refractivity contribution in [2.24, 2.45) is 0 Å². The minimum Gasteiger partial charge on any atom is -0.326 e. The summed E-state index contributed by atoms with van der Waals surface area (Å²) in [5.41, 5.74) is 1.38. The van der Waals surface area contributed by atoms with Gasteiger partial charge in [0.15, 0.2) is 0 Å². The van der Waals surface area contributed by atoms with Gasteiger partial charge in [-0.3, -0.25) is 9.69 Å². The third kappa shape index (κ3) is 2.91. The number of fused-ring (bicyclic) bond motifs is 1. The lowest BCUT2D eigenvalue weighted by Crippen LogP contribution is -2.31. The normalized spacial score (nSPS) is 18.3. The van der Waals surface area contributed by atoms with Gasteiger partial charge in [0.1, 0.15) is 11.7 Å². The molecule has 3 heterocycles. The number of imide groups is 1. The summed E-state index contributed by atoms with van der Waals surface area (Å²) in [4.78, 5) is 29.9. The number of aromatic nitrogens is 2. The second-order valence-corrected chi connectivity index (χ2v) is 6.47. The molecule has 1 atom stereocenters. The summed E-state index contributed by atoms with van der Waals surface area (Å²) in [6.45, 7) is 0.166. The number of nitrogens with one attached hydrogen (secondary N) is 1. The maximum absolute atomic E-state index is 12.3. The SMILES string of the molecule is CSCC[C@@H]1NC(=O)N(Cc2cn3cc(Cl)ccc3n2)C1=O. The van der Waals surface area contributed by atoms with E-state index in [1.54, 1.807) is 40.7 Å². The molecule has 116 valence electrons. The standard InChI is InChI=1S/C14H15ClN4O2S/c1-22-5-4-11-13(20)19(14(21)17-11)8-10-7-18-6-9(15)2-3-12(18)16-10/h2-3,6-7,11H,4-5,8H2,1H3,(H,17,21)/t11-/m0/s1. The molecule has 22 heavy (non-hydrogen) atoms. The molecule has 2 aromatic rings. The van der Waals surface area contributed by atoms with Gasteiger partial charge in [-0.2, -0.15) is 11.8 Å². The zero-order chi connectivity index (χ0) is 15.7. The van der Waals surface area contributed by atoms with Crippen molar-refractivity contribution >= 4 is 40.9 Å². The predicted octanol–water partition coefficient (Wildman–Crippen LogP) is 2.16. The minimum atomic E-state index is -0.425. The highest BCUT2D eigenvalue weighted by Crippen LogP contribution is 2.17. The van der Waals surface area contributed by atoms with E-state index in [1.807, 2.05) is 6.26 Å². The number of nitrogens with zero attached hydrogens (tertiary/aromatic N) is 3. The summed E-state index contributed by atoms with van der Waals surface area (Å²) < 4.78 is 1.78. The Bertz CT molecular complexity index is 733.